The van der Waals surface area contributed by atoms with E-state index in [1.54, 1.807) is 24.3 Å². The maximum atomic E-state index is 12.6. The molecule has 1 atom stereocenters. The van der Waals surface area contributed by atoms with Gasteiger partial charge in [-0.15, -0.1) is 0 Å². The topological polar surface area (TPSA) is 37.4 Å². The molecule has 0 N–H and O–H groups in total. The maximum Gasteiger partial charge on any atom is 0.179 e. The molecule has 2 rings (SSSR count). The van der Waals surface area contributed by atoms with E-state index in [-0.39, 0.29) is 11.8 Å². The fraction of sp³-hybridized carbons (Fsp3) is 0.647. The van der Waals surface area contributed by atoms with Crippen molar-refractivity contribution in [3.05, 3.63) is 30.3 Å². The van der Waals surface area contributed by atoms with E-state index in [4.69, 9.17) is 0 Å². The minimum absolute atomic E-state index is 0.184. The van der Waals surface area contributed by atoms with E-state index in [0.29, 0.717) is 4.90 Å². The highest BCUT2D eigenvalue weighted by Gasteiger charge is 2.26. The average Bonchev–Trinajstić information content (AvgIpc) is 2.71. The molecule has 1 aromatic carbocycles. The van der Waals surface area contributed by atoms with Crippen LogP contribution in [-0.2, 0) is 9.84 Å². The number of likely N-dealkylation sites (tertiary alicyclic amines) is 1. The Labute approximate surface area is 129 Å². The molecule has 1 aromatic rings. The molecular weight excluding hydrogens is 282 g/mol. The molecule has 4 heteroatoms. The van der Waals surface area contributed by atoms with Crippen molar-refractivity contribution in [2.75, 3.05) is 18.8 Å². The molecule has 1 aliphatic rings. The minimum Gasteiger partial charge on any atom is -0.299 e. The van der Waals surface area contributed by atoms with Crippen molar-refractivity contribution in [1.29, 1.82) is 0 Å². The molecule has 0 spiro atoms. The summed E-state index contributed by atoms with van der Waals surface area (Å²) in [4.78, 5) is 2.88. The summed E-state index contributed by atoms with van der Waals surface area (Å²) in [6.07, 6.45) is 6.90. The van der Waals surface area contributed by atoms with Gasteiger partial charge in [-0.1, -0.05) is 44.4 Å². The summed E-state index contributed by atoms with van der Waals surface area (Å²) in [5.41, 5.74) is 0. The van der Waals surface area contributed by atoms with Crippen molar-refractivity contribution in [3.63, 3.8) is 0 Å². The van der Waals surface area contributed by atoms with Crippen LogP contribution in [0.1, 0.15) is 45.4 Å². The van der Waals surface area contributed by atoms with E-state index in [0.717, 1.165) is 38.8 Å². The number of unbranched alkanes of at least 4 members (excludes halogenated alkanes) is 1. The van der Waals surface area contributed by atoms with E-state index >= 15 is 0 Å². The van der Waals surface area contributed by atoms with E-state index in [1.165, 1.54) is 12.8 Å². The summed E-state index contributed by atoms with van der Waals surface area (Å²) in [7, 11) is -3.18. The van der Waals surface area contributed by atoms with Gasteiger partial charge in [0.25, 0.3) is 0 Å². The van der Waals surface area contributed by atoms with Gasteiger partial charge in [0.2, 0.25) is 0 Å². The van der Waals surface area contributed by atoms with Crippen LogP contribution in [0.5, 0.6) is 0 Å². The summed E-state index contributed by atoms with van der Waals surface area (Å²) >= 11 is 0. The van der Waals surface area contributed by atoms with Gasteiger partial charge in [0.1, 0.15) is 0 Å². The molecule has 0 aromatic heterocycles. The largest absolute Gasteiger partial charge is 0.299 e. The SMILES string of the molecule is CCCCN1CCCCCC1CS(=O)(=O)c1ccccc1. The molecule has 1 saturated heterocycles. The zero-order chi connectivity index (χ0) is 15.1. The van der Waals surface area contributed by atoms with Crippen LogP contribution >= 0.6 is 0 Å². The molecule has 1 aliphatic heterocycles. The predicted molar refractivity (Wildman–Crippen MR) is 87.2 cm³/mol. The quantitative estimate of drug-likeness (QED) is 0.807. The first kappa shape index (κ1) is 16.5. The zero-order valence-electron chi connectivity index (χ0n) is 13.0. The second kappa shape index (κ2) is 7.95. The Morgan fingerprint density at radius 3 is 2.62 bits per heavy atom. The fourth-order valence-corrected chi connectivity index (χ4v) is 4.71. The molecule has 1 unspecified atom stereocenters. The molecule has 0 aliphatic carbocycles. The number of hydrogen-bond acceptors (Lipinski definition) is 3. The van der Waals surface area contributed by atoms with Gasteiger partial charge in [0.05, 0.1) is 10.6 Å². The van der Waals surface area contributed by atoms with Crippen LogP contribution in [0.4, 0.5) is 0 Å². The molecule has 0 bridgehead atoms. The number of benzene rings is 1. The lowest BCUT2D eigenvalue weighted by atomic mass is 10.1. The van der Waals surface area contributed by atoms with Crippen LogP contribution in [0.2, 0.25) is 0 Å². The lowest BCUT2D eigenvalue weighted by Gasteiger charge is -2.29. The third-order valence-corrected chi connectivity index (χ3v) is 6.13. The Bertz CT molecular complexity index is 513. The Morgan fingerprint density at radius 1 is 1.14 bits per heavy atom. The highest BCUT2D eigenvalue weighted by Crippen LogP contribution is 2.21. The van der Waals surface area contributed by atoms with Crippen LogP contribution in [0.3, 0.4) is 0 Å². The second-order valence-electron chi connectivity index (χ2n) is 5.99. The molecule has 0 radical (unpaired) electrons. The third kappa shape index (κ3) is 4.82. The van der Waals surface area contributed by atoms with Crippen LogP contribution in [0.15, 0.2) is 35.2 Å². The van der Waals surface area contributed by atoms with Gasteiger partial charge in [-0.2, -0.15) is 0 Å². The van der Waals surface area contributed by atoms with Crippen LogP contribution in [0.25, 0.3) is 0 Å². The Balaban J connectivity index is 2.10. The number of sulfone groups is 1. The molecule has 1 fully saturated rings. The number of rotatable bonds is 6. The van der Waals surface area contributed by atoms with Crippen LogP contribution < -0.4 is 0 Å². The molecule has 0 saturated carbocycles. The van der Waals surface area contributed by atoms with Crippen LogP contribution in [0, 0.1) is 0 Å². The first-order chi connectivity index (χ1) is 10.1. The van der Waals surface area contributed by atoms with Gasteiger partial charge in [0.15, 0.2) is 9.84 Å². The number of hydrogen-bond donors (Lipinski definition) is 0. The van der Waals surface area contributed by atoms with Crippen molar-refractivity contribution in [3.8, 4) is 0 Å². The maximum absolute atomic E-state index is 12.6. The predicted octanol–water partition coefficient (Wildman–Crippen LogP) is 3.51. The summed E-state index contributed by atoms with van der Waals surface area (Å²) in [5.74, 6) is 0.265. The molecule has 1 heterocycles. The van der Waals surface area contributed by atoms with Crippen LogP contribution in [-0.4, -0.2) is 38.2 Å². The number of nitrogens with zero attached hydrogens (tertiary/aromatic N) is 1. The summed E-state index contributed by atoms with van der Waals surface area (Å²) in [5, 5.41) is 0. The lowest BCUT2D eigenvalue weighted by Crippen LogP contribution is -2.40. The Morgan fingerprint density at radius 2 is 1.90 bits per heavy atom. The standard InChI is InChI=1S/C17H27NO2S/c1-2-3-13-18-14-9-5-6-10-16(18)15-21(19,20)17-11-7-4-8-12-17/h4,7-8,11-12,16H,2-3,5-6,9-10,13-15H2,1H3. The Hall–Kier alpha value is -0.870. The molecule has 0 amide bonds. The molecule has 3 nitrogen and oxygen atoms in total. The van der Waals surface area contributed by atoms with Gasteiger partial charge < -0.3 is 0 Å². The van der Waals surface area contributed by atoms with E-state index < -0.39 is 9.84 Å². The van der Waals surface area contributed by atoms with Gasteiger partial charge in [-0.3, -0.25) is 4.90 Å². The van der Waals surface area contributed by atoms with E-state index in [2.05, 4.69) is 11.8 Å². The Kier molecular flexibility index (Phi) is 6.24. The van der Waals surface area contributed by atoms with Crippen molar-refractivity contribution in [1.82, 2.24) is 4.90 Å². The monoisotopic (exact) mass is 309 g/mol. The smallest absolute Gasteiger partial charge is 0.179 e. The second-order valence-corrected chi connectivity index (χ2v) is 8.02. The molecule has 118 valence electrons. The van der Waals surface area contributed by atoms with Gasteiger partial charge >= 0.3 is 0 Å². The third-order valence-electron chi connectivity index (χ3n) is 4.31. The molecular formula is C17H27NO2S. The summed E-state index contributed by atoms with van der Waals surface area (Å²) in [6, 6.07) is 9.07. The lowest BCUT2D eigenvalue weighted by molar-refractivity contribution is 0.212. The first-order valence-electron chi connectivity index (χ1n) is 8.15. The first-order valence-corrected chi connectivity index (χ1v) is 9.80. The normalized spacial score (nSPS) is 21.1. The highest BCUT2D eigenvalue weighted by atomic mass is 32.2. The van der Waals surface area contributed by atoms with Gasteiger partial charge in [-0.25, -0.2) is 8.42 Å². The van der Waals surface area contributed by atoms with Gasteiger partial charge in [0, 0.05) is 6.04 Å². The van der Waals surface area contributed by atoms with E-state index in [9.17, 15) is 8.42 Å². The average molecular weight is 309 g/mol. The highest BCUT2D eigenvalue weighted by molar-refractivity contribution is 7.91. The van der Waals surface area contributed by atoms with Crippen molar-refractivity contribution in [2.24, 2.45) is 0 Å². The summed E-state index contributed by atoms with van der Waals surface area (Å²) in [6.45, 7) is 4.27. The van der Waals surface area contributed by atoms with Crippen molar-refractivity contribution in [2.45, 2.75) is 56.4 Å². The summed E-state index contributed by atoms with van der Waals surface area (Å²) < 4.78 is 25.2. The zero-order valence-corrected chi connectivity index (χ0v) is 13.8. The molecule has 21 heavy (non-hydrogen) atoms. The van der Waals surface area contributed by atoms with Crippen molar-refractivity contribution < 1.29 is 8.42 Å². The minimum atomic E-state index is -3.18. The van der Waals surface area contributed by atoms with Crippen molar-refractivity contribution >= 4 is 9.84 Å². The fourth-order valence-electron chi connectivity index (χ4n) is 3.06. The van der Waals surface area contributed by atoms with E-state index in [1.807, 2.05) is 6.07 Å². The van der Waals surface area contributed by atoms with Gasteiger partial charge in [-0.05, 0) is 44.5 Å².